The third-order valence-corrected chi connectivity index (χ3v) is 4.15. The molecule has 0 N–H and O–H groups in total. The molecule has 7 heteroatoms. The van der Waals surface area contributed by atoms with E-state index in [2.05, 4.69) is 15.9 Å². The summed E-state index contributed by atoms with van der Waals surface area (Å²) in [5.74, 6) is -2.85. The molecule has 0 bridgehead atoms. The van der Waals surface area contributed by atoms with Gasteiger partial charge < -0.3 is 4.90 Å². The van der Waals surface area contributed by atoms with Gasteiger partial charge in [-0.2, -0.15) is 13.2 Å². The van der Waals surface area contributed by atoms with Crippen molar-refractivity contribution in [3.8, 4) is 0 Å². The third-order valence-electron chi connectivity index (χ3n) is 3.51. The highest BCUT2D eigenvalue weighted by Gasteiger charge is 2.41. The summed E-state index contributed by atoms with van der Waals surface area (Å²) in [7, 11) is 0. The highest BCUT2D eigenvalue weighted by Crippen LogP contribution is 2.36. The Labute approximate surface area is 121 Å². The summed E-state index contributed by atoms with van der Waals surface area (Å²) in [6.45, 7) is 0.0113. The number of nitrogens with zero attached hydrogens (tertiary/aromatic N) is 1. The molecule has 0 spiro atoms. The minimum absolute atomic E-state index is 0.00563. The zero-order valence-electron chi connectivity index (χ0n) is 10.5. The average molecular weight is 358 g/mol. The molecule has 0 aromatic heterocycles. The third kappa shape index (κ3) is 3.24. The van der Waals surface area contributed by atoms with Gasteiger partial charge in [0.2, 0.25) is 0 Å². The number of piperidine rings is 1. The monoisotopic (exact) mass is 357 g/mol. The van der Waals surface area contributed by atoms with E-state index in [1.807, 2.05) is 0 Å². The first-order valence-electron chi connectivity index (χ1n) is 6.18. The molecular weight excluding hydrogens is 345 g/mol. The lowest BCUT2D eigenvalue weighted by molar-refractivity contribution is -0.179. The zero-order valence-corrected chi connectivity index (χ0v) is 12.1. The van der Waals surface area contributed by atoms with E-state index in [4.69, 9.17) is 0 Å². The van der Waals surface area contributed by atoms with E-state index in [1.165, 1.54) is 17.0 Å². The Morgan fingerprint density at radius 1 is 1.10 bits per heavy atom. The molecule has 0 amide bonds. The first kappa shape index (κ1) is 15.5. The molecule has 0 unspecified atom stereocenters. The summed E-state index contributed by atoms with van der Waals surface area (Å²) in [6.07, 6.45) is -4.51. The Hall–Kier alpha value is -0.850. The van der Waals surface area contributed by atoms with Gasteiger partial charge in [-0.3, -0.25) is 0 Å². The molecule has 0 aliphatic carbocycles. The van der Waals surface area contributed by atoms with Crippen molar-refractivity contribution in [2.45, 2.75) is 24.3 Å². The molecule has 1 saturated heterocycles. The van der Waals surface area contributed by atoms with Crippen molar-refractivity contribution in [3.05, 3.63) is 29.3 Å². The van der Waals surface area contributed by atoms with E-state index in [1.54, 1.807) is 0 Å². The number of alkyl halides is 4. The second-order valence-corrected chi connectivity index (χ2v) is 5.41. The van der Waals surface area contributed by atoms with Crippen molar-refractivity contribution in [1.82, 2.24) is 0 Å². The largest absolute Gasteiger partial charge is 0.391 e. The van der Waals surface area contributed by atoms with Crippen molar-refractivity contribution in [1.29, 1.82) is 0 Å². The smallest absolute Gasteiger partial charge is 0.367 e. The molecule has 20 heavy (non-hydrogen) atoms. The summed E-state index contributed by atoms with van der Waals surface area (Å²) < 4.78 is 65.4. The van der Waals surface area contributed by atoms with E-state index >= 15 is 0 Å². The van der Waals surface area contributed by atoms with Gasteiger partial charge in [0.1, 0.15) is 17.3 Å². The SMILES string of the molecule is Fc1cc(CBr)cc(F)c1N1CCC(C(F)(F)F)CC1. The van der Waals surface area contributed by atoms with Crippen molar-refractivity contribution < 1.29 is 22.0 Å². The molecular formula is C13H13BrF5N. The summed E-state index contributed by atoms with van der Waals surface area (Å²) in [5.41, 5.74) is 0.226. The molecule has 1 heterocycles. The molecule has 1 nitrogen and oxygen atoms in total. The minimum Gasteiger partial charge on any atom is -0.367 e. The first-order chi connectivity index (χ1) is 9.32. The fraction of sp³-hybridized carbons (Fsp3) is 0.538. The van der Waals surface area contributed by atoms with Crippen LogP contribution in [0, 0.1) is 17.6 Å². The lowest BCUT2D eigenvalue weighted by Gasteiger charge is -2.34. The van der Waals surface area contributed by atoms with Crippen LogP contribution in [0.25, 0.3) is 0 Å². The van der Waals surface area contributed by atoms with Crippen LogP contribution in [0.15, 0.2) is 12.1 Å². The highest BCUT2D eigenvalue weighted by atomic mass is 79.9. The lowest BCUT2D eigenvalue weighted by Crippen LogP contribution is -2.39. The van der Waals surface area contributed by atoms with Gasteiger partial charge in [0.05, 0.1) is 5.92 Å². The number of rotatable bonds is 2. The Balaban J connectivity index is 2.15. The van der Waals surface area contributed by atoms with Crippen LogP contribution in [0.1, 0.15) is 18.4 Å². The maximum Gasteiger partial charge on any atom is 0.391 e. The standard InChI is InChI=1S/C13H13BrF5N/c14-7-8-5-10(15)12(11(16)6-8)20-3-1-9(2-4-20)13(17,18)19/h5-6,9H,1-4,7H2. The fourth-order valence-electron chi connectivity index (χ4n) is 2.43. The quantitative estimate of drug-likeness (QED) is 0.550. The predicted molar refractivity (Wildman–Crippen MR) is 70.0 cm³/mol. The maximum absolute atomic E-state index is 13.9. The van der Waals surface area contributed by atoms with E-state index in [0.717, 1.165) is 0 Å². The summed E-state index contributed by atoms with van der Waals surface area (Å²) in [4.78, 5) is 1.35. The minimum atomic E-state index is -4.23. The van der Waals surface area contributed by atoms with Crippen molar-refractivity contribution >= 4 is 21.6 Å². The second-order valence-electron chi connectivity index (χ2n) is 4.84. The van der Waals surface area contributed by atoms with E-state index in [0.29, 0.717) is 10.9 Å². The summed E-state index contributed by atoms with van der Waals surface area (Å²) >= 11 is 3.10. The molecule has 1 aromatic carbocycles. The summed E-state index contributed by atoms with van der Waals surface area (Å²) in [5, 5.41) is 0.317. The van der Waals surface area contributed by atoms with E-state index < -0.39 is 23.7 Å². The average Bonchev–Trinajstić information content (AvgIpc) is 2.37. The first-order valence-corrected chi connectivity index (χ1v) is 7.30. The van der Waals surface area contributed by atoms with Gasteiger partial charge in [0, 0.05) is 18.4 Å². The predicted octanol–water partition coefficient (Wildman–Crippen LogP) is 4.64. The molecule has 2 rings (SSSR count). The van der Waals surface area contributed by atoms with Crippen LogP contribution in [0.4, 0.5) is 27.6 Å². The van der Waals surface area contributed by atoms with Crippen LogP contribution >= 0.6 is 15.9 Å². The number of hydrogen-bond acceptors (Lipinski definition) is 1. The number of anilines is 1. The van der Waals surface area contributed by atoms with Gasteiger partial charge >= 0.3 is 6.18 Å². The van der Waals surface area contributed by atoms with Crippen LogP contribution in [0.5, 0.6) is 0 Å². The Bertz CT molecular complexity index is 457. The molecule has 1 aliphatic rings. The van der Waals surface area contributed by atoms with Crippen LogP contribution in [0.3, 0.4) is 0 Å². The van der Waals surface area contributed by atoms with Crippen molar-refractivity contribution in [2.75, 3.05) is 18.0 Å². The molecule has 1 aromatic rings. The number of benzene rings is 1. The van der Waals surface area contributed by atoms with Crippen molar-refractivity contribution in [3.63, 3.8) is 0 Å². The second kappa shape index (κ2) is 5.87. The molecule has 1 fully saturated rings. The van der Waals surface area contributed by atoms with E-state index in [9.17, 15) is 22.0 Å². The van der Waals surface area contributed by atoms with Gasteiger partial charge in [-0.25, -0.2) is 8.78 Å². The molecule has 0 radical (unpaired) electrons. The number of hydrogen-bond donors (Lipinski definition) is 0. The van der Waals surface area contributed by atoms with Crippen LogP contribution in [-0.4, -0.2) is 19.3 Å². The normalized spacial score (nSPS) is 17.6. The van der Waals surface area contributed by atoms with Crippen LogP contribution in [0.2, 0.25) is 0 Å². The molecule has 112 valence electrons. The maximum atomic E-state index is 13.9. The number of halogens is 6. The lowest BCUT2D eigenvalue weighted by atomic mass is 9.96. The van der Waals surface area contributed by atoms with Gasteiger partial charge in [0.25, 0.3) is 0 Å². The molecule has 0 atom stereocenters. The van der Waals surface area contributed by atoms with Crippen LogP contribution < -0.4 is 4.90 Å². The fourth-order valence-corrected chi connectivity index (χ4v) is 2.75. The Morgan fingerprint density at radius 3 is 2.00 bits per heavy atom. The van der Waals surface area contributed by atoms with Gasteiger partial charge in [-0.1, -0.05) is 15.9 Å². The highest BCUT2D eigenvalue weighted by molar-refractivity contribution is 9.08. The molecule has 0 saturated carbocycles. The Morgan fingerprint density at radius 2 is 1.60 bits per heavy atom. The topological polar surface area (TPSA) is 3.24 Å². The molecule has 1 aliphatic heterocycles. The van der Waals surface area contributed by atoms with Crippen molar-refractivity contribution in [2.24, 2.45) is 5.92 Å². The van der Waals surface area contributed by atoms with E-state index in [-0.39, 0.29) is 31.6 Å². The zero-order chi connectivity index (χ0) is 14.9. The van der Waals surface area contributed by atoms with Gasteiger partial charge in [-0.15, -0.1) is 0 Å². The summed E-state index contributed by atoms with van der Waals surface area (Å²) in [6, 6.07) is 2.39. The Kier molecular flexibility index (Phi) is 4.56. The van der Waals surface area contributed by atoms with Gasteiger partial charge in [0.15, 0.2) is 0 Å². The van der Waals surface area contributed by atoms with Crippen LogP contribution in [-0.2, 0) is 5.33 Å². The van der Waals surface area contributed by atoms with Gasteiger partial charge in [-0.05, 0) is 30.5 Å².